The zero-order chi connectivity index (χ0) is 24.4. The summed E-state index contributed by atoms with van der Waals surface area (Å²) in [6.45, 7) is 5.04. The van der Waals surface area contributed by atoms with Crippen molar-refractivity contribution in [2.45, 2.75) is 26.9 Å². The van der Waals surface area contributed by atoms with E-state index in [2.05, 4.69) is 10.3 Å². The van der Waals surface area contributed by atoms with Crippen molar-refractivity contribution in [2.24, 2.45) is 4.99 Å². The zero-order valence-corrected chi connectivity index (χ0v) is 20.7. The summed E-state index contributed by atoms with van der Waals surface area (Å²) in [7, 11) is 9.58. The van der Waals surface area contributed by atoms with Gasteiger partial charge in [-0.3, -0.25) is 4.99 Å². The van der Waals surface area contributed by atoms with E-state index in [0.29, 0.717) is 47.6 Å². The number of allylic oxidation sites excluding steroid dienone is 2. The molecule has 0 aromatic heterocycles. The number of aliphatic imine (C=N–C) groups is 1. The molecule has 0 aliphatic carbocycles. The normalized spacial score (nSPS) is 11.6. The number of hydrogen-bond acceptors (Lipinski definition) is 8. The Labute approximate surface area is 196 Å². The van der Waals surface area contributed by atoms with Gasteiger partial charge in [0.1, 0.15) is 0 Å². The van der Waals surface area contributed by atoms with Gasteiger partial charge in [-0.1, -0.05) is 0 Å². The largest absolute Gasteiger partial charge is 0.493 e. The molecule has 0 aliphatic heterocycles. The highest BCUT2D eigenvalue weighted by atomic mass is 16.5. The summed E-state index contributed by atoms with van der Waals surface area (Å²) in [6.07, 6.45) is 2.00. The molecule has 2 aromatic carbocycles. The van der Waals surface area contributed by atoms with E-state index < -0.39 is 0 Å². The van der Waals surface area contributed by atoms with Crippen LogP contribution in [-0.2, 0) is 13.1 Å². The van der Waals surface area contributed by atoms with Gasteiger partial charge in [-0.25, -0.2) is 0 Å². The molecule has 180 valence electrons. The van der Waals surface area contributed by atoms with Crippen LogP contribution in [-0.4, -0.2) is 48.4 Å². The lowest BCUT2D eigenvalue weighted by molar-refractivity contribution is 0.323. The maximum atomic E-state index is 5.42. The third-order valence-corrected chi connectivity index (χ3v) is 4.96. The molecule has 0 amide bonds. The fraction of sp³-hybridized carbons (Fsp3) is 0.400. The van der Waals surface area contributed by atoms with Crippen LogP contribution < -0.4 is 33.7 Å². The Morgan fingerprint density at radius 2 is 1.12 bits per heavy atom. The molecule has 8 heteroatoms. The lowest BCUT2D eigenvalue weighted by atomic mass is 10.1. The molecule has 2 aromatic rings. The Kier molecular flexibility index (Phi) is 9.72. The van der Waals surface area contributed by atoms with E-state index in [9.17, 15) is 0 Å². The second-order valence-corrected chi connectivity index (χ2v) is 7.21. The quantitative estimate of drug-likeness (QED) is 0.473. The highest BCUT2D eigenvalue weighted by Crippen LogP contribution is 2.39. The van der Waals surface area contributed by atoms with Crippen molar-refractivity contribution in [2.75, 3.05) is 42.7 Å². The van der Waals surface area contributed by atoms with Crippen LogP contribution in [0.5, 0.6) is 34.5 Å². The average Bonchev–Trinajstić information content (AvgIpc) is 2.84. The Morgan fingerprint density at radius 3 is 1.52 bits per heavy atom. The van der Waals surface area contributed by atoms with Crippen molar-refractivity contribution in [3.05, 3.63) is 47.2 Å². The summed E-state index contributed by atoms with van der Waals surface area (Å²) in [5, 5.41) is 3.39. The third-order valence-electron chi connectivity index (χ3n) is 4.96. The number of nitrogens with zero attached hydrogens (tertiary/aromatic N) is 1. The van der Waals surface area contributed by atoms with Crippen LogP contribution >= 0.6 is 0 Å². The smallest absolute Gasteiger partial charge is 0.203 e. The van der Waals surface area contributed by atoms with Gasteiger partial charge in [0.2, 0.25) is 11.5 Å². The molecule has 0 aliphatic rings. The summed E-state index contributed by atoms with van der Waals surface area (Å²) in [5.74, 6) is 3.61. The lowest BCUT2D eigenvalue weighted by Gasteiger charge is -2.15. The molecule has 0 spiro atoms. The minimum atomic E-state index is 0.485. The van der Waals surface area contributed by atoms with Crippen molar-refractivity contribution in [3.63, 3.8) is 0 Å². The van der Waals surface area contributed by atoms with E-state index >= 15 is 0 Å². The monoisotopic (exact) mass is 458 g/mol. The molecule has 0 bridgehead atoms. The average molecular weight is 459 g/mol. The molecule has 0 unspecified atom stereocenters. The van der Waals surface area contributed by atoms with Crippen molar-refractivity contribution in [1.82, 2.24) is 5.32 Å². The first kappa shape index (κ1) is 25.7. The summed E-state index contributed by atoms with van der Waals surface area (Å²) < 4.78 is 32.4. The standard InChI is InChI=1S/C25H34N2O6/c1-16(26-14-18-10-20(28-3)24(32-7)21(11-18)29-4)9-17(2)27-15-19-12-22(30-5)25(33-8)23(13-19)31-6/h9-13,26H,14-15H2,1-8H3/b16-9-,27-17?. The van der Waals surface area contributed by atoms with E-state index in [-0.39, 0.29) is 0 Å². The van der Waals surface area contributed by atoms with Crippen LogP contribution in [0.1, 0.15) is 25.0 Å². The van der Waals surface area contributed by atoms with Crippen molar-refractivity contribution in [1.29, 1.82) is 0 Å². The fourth-order valence-corrected chi connectivity index (χ4v) is 3.33. The molecule has 33 heavy (non-hydrogen) atoms. The Balaban J connectivity index is 2.09. The van der Waals surface area contributed by atoms with Crippen molar-refractivity contribution < 1.29 is 28.4 Å². The van der Waals surface area contributed by atoms with Gasteiger partial charge in [0.05, 0.1) is 49.2 Å². The van der Waals surface area contributed by atoms with Crippen LogP contribution in [0.25, 0.3) is 0 Å². The predicted molar refractivity (Wildman–Crippen MR) is 130 cm³/mol. The minimum Gasteiger partial charge on any atom is -0.493 e. The second kappa shape index (κ2) is 12.5. The highest BCUT2D eigenvalue weighted by molar-refractivity contribution is 5.93. The van der Waals surface area contributed by atoms with Crippen LogP contribution in [0.2, 0.25) is 0 Å². The summed E-state index contributed by atoms with van der Waals surface area (Å²) in [5.41, 5.74) is 3.83. The molecule has 0 heterocycles. The molecule has 1 N–H and O–H groups in total. The Morgan fingerprint density at radius 1 is 0.697 bits per heavy atom. The SMILES string of the molecule is COc1cc(CN=C(C)/C=C(/C)NCc2cc(OC)c(OC)c(OC)c2)cc(OC)c1OC. The minimum absolute atomic E-state index is 0.485. The summed E-state index contributed by atoms with van der Waals surface area (Å²) in [4.78, 5) is 4.66. The van der Waals surface area contributed by atoms with Crippen LogP contribution in [0.4, 0.5) is 0 Å². The van der Waals surface area contributed by atoms with Gasteiger partial charge in [0, 0.05) is 18.0 Å². The van der Waals surface area contributed by atoms with Crippen molar-refractivity contribution >= 4 is 5.71 Å². The van der Waals surface area contributed by atoms with Gasteiger partial charge in [-0.15, -0.1) is 0 Å². The molecule has 0 saturated carbocycles. The Bertz CT molecular complexity index is 950. The van der Waals surface area contributed by atoms with E-state index in [4.69, 9.17) is 28.4 Å². The molecule has 0 fully saturated rings. The fourth-order valence-electron chi connectivity index (χ4n) is 3.33. The van der Waals surface area contributed by atoms with E-state index in [1.165, 1.54) is 0 Å². The predicted octanol–water partition coefficient (Wildman–Crippen LogP) is 4.39. The molecular weight excluding hydrogens is 424 g/mol. The van der Waals surface area contributed by atoms with Gasteiger partial charge in [0.15, 0.2) is 23.0 Å². The van der Waals surface area contributed by atoms with Gasteiger partial charge in [-0.2, -0.15) is 0 Å². The van der Waals surface area contributed by atoms with Crippen LogP contribution in [0.3, 0.4) is 0 Å². The molecule has 2 rings (SSSR count). The molecule has 0 radical (unpaired) electrons. The number of methoxy groups -OCH3 is 6. The first-order chi connectivity index (χ1) is 15.9. The maximum Gasteiger partial charge on any atom is 0.203 e. The van der Waals surface area contributed by atoms with E-state index in [1.807, 2.05) is 44.2 Å². The van der Waals surface area contributed by atoms with Gasteiger partial charge >= 0.3 is 0 Å². The summed E-state index contributed by atoms with van der Waals surface area (Å²) in [6, 6.07) is 7.65. The number of benzene rings is 2. The number of ether oxygens (including phenoxy) is 6. The molecule has 0 saturated heterocycles. The summed E-state index contributed by atoms with van der Waals surface area (Å²) >= 11 is 0. The first-order valence-corrected chi connectivity index (χ1v) is 10.4. The number of nitrogens with one attached hydrogen (secondary N) is 1. The third kappa shape index (κ3) is 6.71. The Hall–Kier alpha value is -3.55. The first-order valence-electron chi connectivity index (χ1n) is 10.4. The van der Waals surface area contributed by atoms with Gasteiger partial charge in [0.25, 0.3) is 0 Å². The zero-order valence-electron chi connectivity index (χ0n) is 20.7. The van der Waals surface area contributed by atoms with Crippen LogP contribution in [0.15, 0.2) is 41.0 Å². The van der Waals surface area contributed by atoms with Crippen LogP contribution in [0, 0.1) is 0 Å². The molecule has 8 nitrogen and oxygen atoms in total. The molecule has 0 atom stereocenters. The van der Waals surface area contributed by atoms with Gasteiger partial charge in [-0.05, 0) is 55.3 Å². The second-order valence-electron chi connectivity index (χ2n) is 7.21. The number of hydrogen-bond donors (Lipinski definition) is 1. The van der Waals surface area contributed by atoms with Gasteiger partial charge < -0.3 is 33.7 Å². The highest BCUT2D eigenvalue weighted by Gasteiger charge is 2.14. The lowest BCUT2D eigenvalue weighted by Crippen LogP contribution is -2.12. The van der Waals surface area contributed by atoms with E-state index in [0.717, 1.165) is 22.5 Å². The van der Waals surface area contributed by atoms with Crippen molar-refractivity contribution in [3.8, 4) is 34.5 Å². The number of rotatable bonds is 12. The van der Waals surface area contributed by atoms with E-state index in [1.54, 1.807) is 42.7 Å². The maximum absolute atomic E-state index is 5.42. The topological polar surface area (TPSA) is 79.8 Å². The molecular formula is C25H34N2O6.